The summed E-state index contributed by atoms with van der Waals surface area (Å²) in [6, 6.07) is 15.5. The third kappa shape index (κ3) is 4.18. The van der Waals surface area contributed by atoms with Gasteiger partial charge in [0, 0.05) is 37.6 Å². The van der Waals surface area contributed by atoms with E-state index in [1.54, 1.807) is 6.07 Å². The molecule has 2 aromatic carbocycles. The third-order valence-corrected chi connectivity index (χ3v) is 5.04. The topological polar surface area (TPSA) is 66.9 Å². The number of hydrazine groups is 1. The van der Waals surface area contributed by atoms with E-state index in [0.29, 0.717) is 31.4 Å². The van der Waals surface area contributed by atoms with Gasteiger partial charge in [-0.05, 0) is 30.3 Å². The molecule has 0 amide bonds. The summed E-state index contributed by atoms with van der Waals surface area (Å²) in [4.78, 5) is 4.86. The molecule has 142 valence electrons. The van der Waals surface area contributed by atoms with Crippen molar-refractivity contribution in [2.75, 3.05) is 31.7 Å². The number of hydrogen-bond donors (Lipinski definition) is 3. The molecule has 1 fully saturated rings. The van der Waals surface area contributed by atoms with Crippen LogP contribution in [0.5, 0.6) is 5.75 Å². The van der Waals surface area contributed by atoms with Gasteiger partial charge >= 0.3 is 0 Å². The molecule has 0 atom stereocenters. The molecule has 0 aliphatic carbocycles. The lowest BCUT2D eigenvalue weighted by molar-refractivity contribution is 0.0768. The zero-order chi connectivity index (χ0) is 18.5. The summed E-state index contributed by atoms with van der Waals surface area (Å²) in [5.41, 5.74) is 8.29. The van der Waals surface area contributed by atoms with Crippen LogP contribution in [0.2, 0.25) is 5.02 Å². The molecular formula is C20H23ClN4O2. The average molecular weight is 387 g/mol. The van der Waals surface area contributed by atoms with Crippen molar-refractivity contribution in [3.8, 4) is 5.75 Å². The first-order valence-electron chi connectivity index (χ1n) is 9.17. The fraction of sp³-hybridized carbons (Fsp3) is 0.350. The normalized spacial score (nSPS) is 17.6. The number of hydrogen-bond acceptors (Lipinski definition) is 6. The highest BCUT2D eigenvalue weighted by atomic mass is 35.5. The number of fused-ring (bicyclic) bond motifs is 1. The number of rotatable bonds is 5. The van der Waals surface area contributed by atoms with Gasteiger partial charge in [0.05, 0.1) is 11.4 Å². The number of halogens is 1. The molecule has 4 rings (SSSR count). The maximum Gasteiger partial charge on any atom is 0.142 e. The fourth-order valence-corrected chi connectivity index (χ4v) is 3.55. The molecule has 7 heteroatoms. The summed E-state index contributed by atoms with van der Waals surface area (Å²) in [5, 5.41) is 4.34. The fourth-order valence-electron chi connectivity index (χ4n) is 3.37. The highest BCUT2D eigenvalue weighted by Gasteiger charge is 2.40. The van der Waals surface area contributed by atoms with Crippen molar-refractivity contribution in [1.82, 2.24) is 10.9 Å². The van der Waals surface area contributed by atoms with Gasteiger partial charge in [-0.2, -0.15) is 0 Å². The summed E-state index contributed by atoms with van der Waals surface area (Å²) in [6.07, 6.45) is 1.74. The number of nitrogens with one attached hydrogen (secondary N) is 3. The van der Waals surface area contributed by atoms with E-state index in [1.165, 1.54) is 0 Å². The lowest BCUT2D eigenvalue weighted by atomic mass is 9.87. The zero-order valence-electron chi connectivity index (χ0n) is 15.0. The summed E-state index contributed by atoms with van der Waals surface area (Å²) in [7, 11) is 0. The van der Waals surface area contributed by atoms with E-state index in [9.17, 15) is 0 Å². The van der Waals surface area contributed by atoms with E-state index < -0.39 is 0 Å². The van der Waals surface area contributed by atoms with Crippen molar-refractivity contribution in [1.29, 1.82) is 0 Å². The lowest BCUT2D eigenvalue weighted by Gasteiger charge is -2.42. The van der Waals surface area contributed by atoms with Crippen LogP contribution in [0.1, 0.15) is 12.8 Å². The number of aliphatic imine (C=N–C) groups is 1. The maximum absolute atomic E-state index is 5.97. The smallest absolute Gasteiger partial charge is 0.142 e. The van der Waals surface area contributed by atoms with Crippen LogP contribution in [0.25, 0.3) is 0 Å². The Morgan fingerprint density at radius 3 is 2.85 bits per heavy atom. The summed E-state index contributed by atoms with van der Waals surface area (Å²) >= 11 is 5.97. The Hall–Kier alpha value is -2.28. The summed E-state index contributed by atoms with van der Waals surface area (Å²) in [6.45, 7) is 2.57. The minimum absolute atomic E-state index is 0.229. The molecule has 2 heterocycles. The van der Waals surface area contributed by atoms with Crippen LogP contribution >= 0.6 is 11.6 Å². The predicted octanol–water partition coefficient (Wildman–Crippen LogP) is 3.52. The van der Waals surface area contributed by atoms with Crippen molar-refractivity contribution in [2.45, 2.75) is 18.4 Å². The first-order chi connectivity index (χ1) is 13.3. The van der Waals surface area contributed by atoms with Crippen molar-refractivity contribution in [3.63, 3.8) is 0 Å². The Morgan fingerprint density at radius 1 is 1.15 bits per heavy atom. The second-order valence-electron chi connectivity index (χ2n) is 6.65. The summed E-state index contributed by atoms with van der Waals surface area (Å²) < 4.78 is 11.3. The molecule has 0 aromatic heterocycles. The predicted molar refractivity (Wildman–Crippen MR) is 108 cm³/mol. The Bertz CT molecular complexity index is 821. The van der Waals surface area contributed by atoms with E-state index >= 15 is 0 Å². The quantitative estimate of drug-likeness (QED) is 0.542. The molecule has 6 nitrogen and oxygen atoms in total. The van der Waals surface area contributed by atoms with E-state index in [1.807, 2.05) is 36.4 Å². The summed E-state index contributed by atoms with van der Waals surface area (Å²) in [5.74, 6) is 1.66. The number of nitrogens with zero attached hydrogens (tertiary/aromatic N) is 1. The standard InChI is InChI=1S/C20H23ClN4O2/c21-15-4-3-5-16(14-15)27-13-10-22-25-19-20(8-11-26-12-9-20)24-18-7-2-1-6-17(18)23-19/h1-7,14,22,24H,8-13H2,(H,23,25). The molecular weight excluding hydrogens is 364 g/mol. The molecule has 0 unspecified atom stereocenters. The molecule has 2 aliphatic heterocycles. The largest absolute Gasteiger partial charge is 0.492 e. The first-order valence-corrected chi connectivity index (χ1v) is 9.54. The van der Waals surface area contributed by atoms with E-state index in [0.717, 1.165) is 35.8 Å². The van der Waals surface area contributed by atoms with Crippen LogP contribution in [-0.4, -0.2) is 37.7 Å². The first kappa shape index (κ1) is 18.1. The van der Waals surface area contributed by atoms with Gasteiger partial charge in [0.1, 0.15) is 23.7 Å². The SMILES string of the molecule is Clc1cccc(OCCNNC2=Nc3ccccc3NC23CCOCC3)c1. The lowest BCUT2D eigenvalue weighted by Crippen LogP contribution is -2.59. The van der Waals surface area contributed by atoms with Crippen LogP contribution in [0, 0.1) is 0 Å². The second-order valence-corrected chi connectivity index (χ2v) is 7.09. The van der Waals surface area contributed by atoms with E-state index in [2.05, 4.69) is 22.2 Å². The number of benzene rings is 2. The highest BCUT2D eigenvalue weighted by Crippen LogP contribution is 2.37. The molecule has 2 aliphatic rings. The minimum Gasteiger partial charge on any atom is -0.492 e. The Kier molecular flexibility index (Phi) is 5.48. The molecule has 0 bridgehead atoms. The highest BCUT2D eigenvalue weighted by molar-refractivity contribution is 6.30. The van der Waals surface area contributed by atoms with Crippen molar-refractivity contribution < 1.29 is 9.47 Å². The molecule has 1 spiro atoms. The van der Waals surface area contributed by atoms with Gasteiger partial charge in [-0.1, -0.05) is 29.8 Å². The minimum atomic E-state index is -0.229. The molecule has 27 heavy (non-hydrogen) atoms. The maximum atomic E-state index is 5.97. The van der Waals surface area contributed by atoms with Gasteiger partial charge < -0.3 is 20.2 Å². The van der Waals surface area contributed by atoms with Gasteiger partial charge in [0.15, 0.2) is 0 Å². The molecule has 2 aromatic rings. The molecule has 1 saturated heterocycles. The van der Waals surface area contributed by atoms with Crippen LogP contribution < -0.4 is 20.9 Å². The second kappa shape index (κ2) is 8.17. The third-order valence-electron chi connectivity index (χ3n) is 4.81. The van der Waals surface area contributed by atoms with E-state index in [4.69, 9.17) is 26.1 Å². The van der Waals surface area contributed by atoms with Gasteiger partial charge in [-0.25, -0.2) is 10.4 Å². The number of amidine groups is 1. The Balaban J connectivity index is 1.37. The number of ether oxygens (including phenoxy) is 2. The molecule has 3 N–H and O–H groups in total. The van der Waals surface area contributed by atoms with Crippen LogP contribution in [0.3, 0.4) is 0 Å². The van der Waals surface area contributed by atoms with Crippen molar-refractivity contribution >= 4 is 28.8 Å². The Labute approximate surface area is 163 Å². The van der Waals surface area contributed by atoms with Crippen LogP contribution in [-0.2, 0) is 4.74 Å². The van der Waals surface area contributed by atoms with Gasteiger partial charge in [-0.3, -0.25) is 0 Å². The molecule has 0 radical (unpaired) electrons. The number of para-hydroxylation sites is 2. The van der Waals surface area contributed by atoms with E-state index in [-0.39, 0.29) is 5.54 Å². The molecule has 0 saturated carbocycles. The van der Waals surface area contributed by atoms with Crippen molar-refractivity contribution in [2.24, 2.45) is 4.99 Å². The Morgan fingerprint density at radius 2 is 2.00 bits per heavy atom. The van der Waals surface area contributed by atoms with Gasteiger partial charge in [-0.15, -0.1) is 0 Å². The number of anilines is 1. The van der Waals surface area contributed by atoms with Crippen LogP contribution in [0.15, 0.2) is 53.5 Å². The zero-order valence-corrected chi connectivity index (χ0v) is 15.8. The monoisotopic (exact) mass is 386 g/mol. The van der Waals surface area contributed by atoms with Gasteiger partial charge in [0.2, 0.25) is 0 Å². The van der Waals surface area contributed by atoms with Crippen molar-refractivity contribution in [3.05, 3.63) is 53.6 Å². The average Bonchev–Trinajstić information content (AvgIpc) is 2.69. The van der Waals surface area contributed by atoms with Gasteiger partial charge in [0.25, 0.3) is 0 Å². The van der Waals surface area contributed by atoms with Crippen LogP contribution in [0.4, 0.5) is 11.4 Å².